The molecule has 0 unspecified atom stereocenters. The molecule has 0 radical (unpaired) electrons. The smallest absolute Gasteiger partial charge is 0.197 e. The molecule has 0 aliphatic rings. The highest BCUT2D eigenvalue weighted by Crippen LogP contribution is 2.22. The second-order valence-corrected chi connectivity index (χ2v) is 7.09. The number of hydrogen-bond donors (Lipinski definition) is 1. The fourth-order valence-electron chi connectivity index (χ4n) is 2.11. The molecule has 2 aromatic rings. The highest BCUT2D eigenvalue weighted by molar-refractivity contribution is 7.18. The minimum absolute atomic E-state index is 0.0635. The van der Waals surface area contributed by atoms with Gasteiger partial charge in [0.05, 0.1) is 15.8 Å². The first-order valence-electron chi connectivity index (χ1n) is 8.14. The van der Waals surface area contributed by atoms with Crippen molar-refractivity contribution in [2.45, 2.75) is 32.6 Å². The highest BCUT2D eigenvalue weighted by atomic mass is 35.5. The van der Waals surface area contributed by atoms with E-state index in [4.69, 9.17) is 16.3 Å². The minimum Gasteiger partial charge on any atom is -0.494 e. The standard InChI is InChI=1S/C19H22ClNO2S/c1-2-3-4-5-14-23-16-8-6-15(7-9-16)21-13-12-17(22)18-10-11-19(20)24-18/h6-13,21H,2-5,14H2,1H3/b13-12-. The van der Waals surface area contributed by atoms with E-state index in [9.17, 15) is 4.79 Å². The molecular formula is C19H22ClNO2S. The van der Waals surface area contributed by atoms with Crippen molar-refractivity contribution in [3.63, 3.8) is 0 Å². The predicted molar refractivity (Wildman–Crippen MR) is 103 cm³/mol. The van der Waals surface area contributed by atoms with Crippen molar-refractivity contribution in [2.24, 2.45) is 0 Å². The normalized spacial score (nSPS) is 10.9. The van der Waals surface area contributed by atoms with Gasteiger partial charge in [0.1, 0.15) is 5.75 Å². The Bertz CT molecular complexity index is 664. The first-order chi connectivity index (χ1) is 11.7. The monoisotopic (exact) mass is 363 g/mol. The SMILES string of the molecule is CCCCCCOc1ccc(N/C=C\C(=O)c2ccc(Cl)s2)cc1. The van der Waals surface area contributed by atoms with E-state index >= 15 is 0 Å². The summed E-state index contributed by atoms with van der Waals surface area (Å²) < 4.78 is 6.32. The Morgan fingerprint density at radius 1 is 1.17 bits per heavy atom. The van der Waals surface area contributed by atoms with Gasteiger partial charge in [-0.15, -0.1) is 11.3 Å². The van der Waals surface area contributed by atoms with Crippen molar-refractivity contribution in [1.29, 1.82) is 0 Å². The van der Waals surface area contributed by atoms with Crippen LogP contribution in [-0.4, -0.2) is 12.4 Å². The summed E-state index contributed by atoms with van der Waals surface area (Å²) >= 11 is 7.10. The van der Waals surface area contributed by atoms with Crippen molar-refractivity contribution >= 4 is 34.4 Å². The third-order valence-electron chi connectivity index (χ3n) is 3.42. The van der Waals surface area contributed by atoms with E-state index in [1.165, 1.54) is 36.7 Å². The van der Waals surface area contributed by atoms with E-state index in [0.29, 0.717) is 9.21 Å². The molecule has 0 saturated heterocycles. The Hall–Kier alpha value is -1.78. The lowest BCUT2D eigenvalue weighted by atomic mass is 10.2. The molecule has 0 aliphatic heterocycles. The number of ketones is 1. The summed E-state index contributed by atoms with van der Waals surface area (Å²) in [6, 6.07) is 11.2. The minimum atomic E-state index is -0.0635. The van der Waals surface area contributed by atoms with E-state index in [2.05, 4.69) is 12.2 Å². The van der Waals surface area contributed by atoms with Gasteiger partial charge in [0.2, 0.25) is 0 Å². The zero-order chi connectivity index (χ0) is 17.2. The van der Waals surface area contributed by atoms with Crippen LogP contribution in [-0.2, 0) is 0 Å². The number of carbonyl (C=O) groups is 1. The molecule has 24 heavy (non-hydrogen) atoms. The summed E-state index contributed by atoms with van der Waals surface area (Å²) in [5.74, 6) is 0.803. The van der Waals surface area contributed by atoms with Crippen LogP contribution in [0.2, 0.25) is 4.34 Å². The number of hydrogen-bond acceptors (Lipinski definition) is 4. The van der Waals surface area contributed by atoms with Gasteiger partial charge in [0.25, 0.3) is 0 Å². The van der Waals surface area contributed by atoms with Crippen molar-refractivity contribution < 1.29 is 9.53 Å². The Kier molecular flexibility index (Phi) is 7.86. The summed E-state index contributed by atoms with van der Waals surface area (Å²) in [5, 5.41) is 3.08. The maximum absolute atomic E-state index is 11.9. The number of halogens is 1. The molecule has 1 heterocycles. The van der Waals surface area contributed by atoms with Crippen LogP contribution in [0.1, 0.15) is 42.3 Å². The molecule has 0 fully saturated rings. The Morgan fingerprint density at radius 3 is 2.62 bits per heavy atom. The van der Waals surface area contributed by atoms with E-state index in [1.54, 1.807) is 18.3 Å². The first-order valence-corrected chi connectivity index (χ1v) is 9.34. The average Bonchev–Trinajstić information content (AvgIpc) is 3.02. The maximum Gasteiger partial charge on any atom is 0.197 e. The molecule has 0 spiro atoms. The van der Waals surface area contributed by atoms with Gasteiger partial charge in [-0.3, -0.25) is 4.79 Å². The van der Waals surface area contributed by atoms with Crippen molar-refractivity contribution in [3.8, 4) is 5.75 Å². The molecule has 3 nitrogen and oxygen atoms in total. The molecule has 0 amide bonds. The lowest BCUT2D eigenvalue weighted by Gasteiger charge is -2.07. The Balaban J connectivity index is 1.75. The van der Waals surface area contributed by atoms with Crippen molar-refractivity contribution in [2.75, 3.05) is 11.9 Å². The number of allylic oxidation sites excluding steroid dienone is 1. The fourth-order valence-corrected chi connectivity index (χ4v) is 3.07. The second kappa shape index (κ2) is 10.2. The average molecular weight is 364 g/mol. The largest absolute Gasteiger partial charge is 0.494 e. The van der Waals surface area contributed by atoms with Gasteiger partial charge in [-0.1, -0.05) is 37.8 Å². The molecule has 5 heteroatoms. The van der Waals surface area contributed by atoms with Crippen molar-refractivity contribution in [1.82, 2.24) is 0 Å². The third-order valence-corrected chi connectivity index (χ3v) is 4.67. The van der Waals surface area contributed by atoms with E-state index in [1.807, 2.05) is 24.3 Å². The van der Waals surface area contributed by atoms with E-state index in [0.717, 1.165) is 24.5 Å². The van der Waals surface area contributed by atoms with Gasteiger partial charge >= 0.3 is 0 Å². The number of nitrogens with one attached hydrogen (secondary N) is 1. The van der Waals surface area contributed by atoms with Gasteiger partial charge in [0, 0.05) is 18.0 Å². The zero-order valence-corrected chi connectivity index (χ0v) is 15.3. The number of benzene rings is 1. The molecular weight excluding hydrogens is 342 g/mol. The predicted octanol–water partition coefficient (Wildman–Crippen LogP) is 6.17. The summed E-state index contributed by atoms with van der Waals surface area (Å²) in [5.41, 5.74) is 0.904. The molecule has 1 N–H and O–H groups in total. The van der Waals surface area contributed by atoms with Crippen LogP contribution in [0.15, 0.2) is 48.7 Å². The lowest BCUT2D eigenvalue weighted by Crippen LogP contribution is -1.97. The van der Waals surface area contributed by atoms with E-state index < -0.39 is 0 Å². The molecule has 0 aliphatic carbocycles. The Morgan fingerprint density at radius 2 is 1.96 bits per heavy atom. The second-order valence-electron chi connectivity index (χ2n) is 5.38. The number of ether oxygens (including phenoxy) is 1. The van der Waals surface area contributed by atoms with Gasteiger partial charge in [-0.2, -0.15) is 0 Å². The van der Waals surface area contributed by atoms with Crippen molar-refractivity contribution in [3.05, 3.63) is 57.9 Å². The number of unbranched alkanes of at least 4 members (excludes halogenated alkanes) is 3. The van der Waals surface area contributed by atoms with Crippen LogP contribution >= 0.6 is 22.9 Å². The summed E-state index contributed by atoms with van der Waals surface area (Å²) in [6.45, 7) is 2.95. The number of carbonyl (C=O) groups excluding carboxylic acids is 1. The van der Waals surface area contributed by atoms with Gasteiger partial charge in [-0.25, -0.2) is 0 Å². The first kappa shape index (κ1) is 18.6. The molecule has 2 rings (SSSR count). The highest BCUT2D eigenvalue weighted by Gasteiger charge is 2.04. The molecule has 128 valence electrons. The number of thiophene rings is 1. The van der Waals surface area contributed by atoms with Crippen LogP contribution in [0.4, 0.5) is 5.69 Å². The molecule has 0 saturated carbocycles. The molecule has 1 aromatic carbocycles. The summed E-state index contributed by atoms with van der Waals surface area (Å²) in [7, 11) is 0. The Labute approximate surface area is 152 Å². The van der Waals surface area contributed by atoms with Crippen LogP contribution < -0.4 is 10.1 Å². The molecule has 0 bridgehead atoms. The lowest BCUT2D eigenvalue weighted by molar-refractivity contribution is 0.105. The van der Waals surface area contributed by atoms with Gasteiger partial charge in [-0.05, 0) is 42.8 Å². The van der Waals surface area contributed by atoms with Crippen LogP contribution in [0.25, 0.3) is 0 Å². The fraction of sp³-hybridized carbons (Fsp3) is 0.316. The maximum atomic E-state index is 11.9. The number of anilines is 1. The quantitative estimate of drug-likeness (QED) is 0.311. The van der Waals surface area contributed by atoms with Crippen LogP contribution in [0.5, 0.6) is 5.75 Å². The molecule has 1 aromatic heterocycles. The van der Waals surface area contributed by atoms with Gasteiger partial charge in [0.15, 0.2) is 5.78 Å². The number of rotatable bonds is 10. The van der Waals surface area contributed by atoms with Gasteiger partial charge < -0.3 is 10.1 Å². The summed E-state index contributed by atoms with van der Waals surface area (Å²) in [4.78, 5) is 12.5. The topological polar surface area (TPSA) is 38.3 Å². The van der Waals surface area contributed by atoms with Crippen LogP contribution in [0, 0.1) is 0 Å². The van der Waals surface area contributed by atoms with E-state index in [-0.39, 0.29) is 5.78 Å². The van der Waals surface area contributed by atoms with Crippen LogP contribution in [0.3, 0.4) is 0 Å². The molecule has 0 atom stereocenters. The zero-order valence-electron chi connectivity index (χ0n) is 13.8. The third kappa shape index (κ3) is 6.38. The summed E-state index contributed by atoms with van der Waals surface area (Å²) in [6.07, 6.45) is 7.93.